The Labute approximate surface area is 199 Å². The van der Waals surface area contributed by atoms with Crippen molar-refractivity contribution in [3.8, 4) is 0 Å². The Balaban J connectivity index is 1.23. The van der Waals surface area contributed by atoms with Crippen LogP contribution in [0.3, 0.4) is 0 Å². The second-order valence-corrected chi connectivity index (χ2v) is 11.4. The first-order valence-corrected chi connectivity index (χ1v) is 12.9. The van der Waals surface area contributed by atoms with E-state index in [2.05, 4.69) is 7.05 Å². The largest absolute Gasteiger partial charge is 0.459 e. The molecule has 5 heterocycles. The number of benzene rings is 1. The van der Waals surface area contributed by atoms with Crippen LogP contribution in [0.5, 0.6) is 0 Å². The highest BCUT2D eigenvalue weighted by molar-refractivity contribution is 7.12. The Morgan fingerprint density at radius 2 is 1.76 bits per heavy atom. The normalized spacial score (nSPS) is 32.4. The van der Waals surface area contributed by atoms with E-state index in [1.807, 2.05) is 29.0 Å². The zero-order valence-corrected chi connectivity index (χ0v) is 19.7. The van der Waals surface area contributed by atoms with Gasteiger partial charge in [0.05, 0.1) is 16.8 Å². The first-order chi connectivity index (χ1) is 15.9. The molecule has 3 aromatic rings. The first kappa shape index (κ1) is 21.4. The lowest BCUT2D eigenvalue weighted by atomic mass is 9.93. The Morgan fingerprint density at radius 1 is 1.12 bits per heavy atom. The second kappa shape index (κ2) is 7.71. The van der Waals surface area contributed by atoms with Crippen LogP contribution in [0.25, 0.3) is 0 Å². The van der Waals surface area contributed by atoms with Crippen LogP contribution in [-0.2, 0) is 26.4 Å². The number of carbonyl (C=O) groups is 1. The Bertz CT molecular complexity index is 1110. The highest BCUT2D eigenvalue weighted by atomic mass is 32.1. The maximum atomic E-state index is 13.8. The molecule has 1 N–H and O–H groups in total. The number of quaternary nitrogens is 1. The number of halogens is 1. The van der Waals surface area contributed by atoms with E-state index in [4.69, 9.17) is 9.47 Å². The topological polar surface area (TPSA) is 59.1 Å². The fourth-order valence-electron chi connectivity index (χ4n) is 5.94. The summed E-state index contributed by atoms with van der Waals surface area (Å²) in [5.74, 6) is -0.842. The van der Waals surface area contributed by atoms with Crippen LogP contribution in [0.1, 0.15) is 28.2 Å². The first-order valence-electron chi connectivity index (χ1n) is 11.2. The Morgan fingerprint density at radius 3 is 2.30 bits per heavy atom. The third kappa shape index (κ3) is 3.39. The van der Waals surface area contributed by atoms with Gasteiger partial charge in [-0.1, -0.05) is 24.3 Å². The van der Waals surface area contributed by atoms with Crippen molar-refractivity contribution >= 4 is 28.6 Å². The molecular weight excluding hydrogens is 461 g/mol. The average molecular weight is 487 g/mol. The molecule has 3 fully saturated rings. The molecule has 0 aliphatic carbocycles. The summed E-state index contributed by atoms with van der Waals surface area (Å²) in [4.78, 5) is 14.5. The summed E-state index contributed by atoms with van der Waals surface area (Å²) < 4.78 is 26.5. The monoisotopic (exact) mass is 486 g/mol. The molecule has 5 nitrogen and oxygen atoms in total. The van der Waals surface area contributed by atoms with Gasteiger partial charge in [0.1, 0.15) is 42.8 Å². The van der Waals surface area contributed by atoms with E-state index in [1.54, 1.807) is 24.3 Å². The zero-order chi connectivity index (χ0) is 22.8. The third-order valence-electron chi connectivity index (χ3n) is 7.58. The molecule has 1 aromatic carbocycles. The molecule has 4 atom stereocenters. The van der Waals surface area contributed by atoms with Gasteiger partial charge >= 0.3 is 5.97 Å². The number of fused-ring (bicyclic) bond motifs is 5. The van der Waals surface area contributed by atoms with Crippen molar-refractivity contribution in [2.75, 3.05) is 7.05 Å². The summed E-state index contributed by atoms with van der Waals surface area (Å²) in [6.07, 6.45) is 1.37. The van der Waals surface area contributed by atoms with E-state index in [1.165, 1.54) is 28.7 Å². The minimum Gasteiger partial charge on any atom is -0.459 e. The summed E-state index contributed by atoms with van der Waals surface area (Å²) in [5.41, 5.74) is -0.827. The molecule has 3 aliphatic heterocycles. The number of ether oxygens (including phenoxy) is 2. The van der Waals surface area contributed by atoms with Gasteiger partial charge in [-0.25, -0.2) is 9.18 Å². The molecule has 0 spiro atoms. The Kier molecular flexibility index (Phi) is 5.01. The number of rotatable bonds is 6. The lowest BCUT2D eigenvalue weighted by Gasteiger charge is -2.48. The van der Waals surface area contributed by atoms with Crippen LogP contribution in [0.15, 0.2) is 59.3 Å². The molecule has 0 radical (unpaired) electrons. The molecule has 3 aliphatic rings. The van der Waals surface area contributed by atoms with Gasteiger partial charge in [0.15, 0.2) is 0 Å². The minimum absolute atomic E-state index is 0.158. The van der Waals surface area contributed by atoms with Crippen LogP contribution in [0, 0.1) is 5.82 Å². The third-order valence-corrected chi connectivity index (χ3v) is 9.54. The summed E-state index contributed by atoms with van der Waals surface area (Å²) >= 11 is 2.69. The van der Waals surface area contributed by atoms with Crippen molar-refractivity contribution in [1.29, 1.82) is 0 Å². The second-order valence-electron chi connectivity index (χ2n) is 9.50. The van der Waals surface area contributed by atoms with Crippen LogP contribution in [0.2, 0.25) is 0 Å². The van der Waals surface area contributed by atoms with Crippen LogP contribution >= 0.6 is 22.7 Å². The smallest absolute Gasteiger partial charge is 0.349 e. The van der Waals surface area contributed by atoms with Gasteiger partial charge in [-0.05, 0) is 35.0 Å². The van der Waals surface area contributed by atoms with Gasteiger partial charge in [-0.15, -0.1) is 22.7 Å². The summed E-state index contributed by atoms with van der Waals surface area (Å²) in [6.45, 7) is 0.721. The quantitative estimate of drug-likeness (QED) is 0.324. The number of hydrogen-bond donors (Lipinski definition) is 1. The molecule has 2 aromatic heterocycles. The van der Waals surface area contributed by atoms with Crippen molar-refractivity contribution in [2.45, 2.75) is 55.4 Å². The minimum atomic E-state index is -1.79. The van der Waals surface area contributed by atoms with Crippen LogP contribution in [0.4, 0.5) is 4.39 Å². The number of likely N-dealkylation sites (N-methyl/N-ethyl adjacent to an activating group) is 1. The standard InChI is InChI=1S/C25H25FNO4S2/c1-27(14-15-5-2-6-16(26)11-15)18-12-17(13-19(27)23-22(18)31-23)30-24(28)25(29,20-7-3-9-32-20)21-8-4-10-33-21/h2-11,17-19,22-23,29H,12-14H2,1H3/q+1. The molecule has 33 heavy (non-hydrogen) atoms. The number of aliphatic hydroxyl groups is 1. The molecule has 0 amide bonds. The molecule has 6 rings (SSSR count). The van der Waals surface area contributed by atoms with Crippen molar-refractivity contribution in [1.82, 2.24) is 0 Å². The summed E-state index contributed by atoms with van der Waals surface area (Å²) in [6, 6.07) is 14.3. The molecule has 4 unspecified atom stereocenters. The van der Waals surface area contributed by atoms with Gasteiger partial charge in [0.2, 0.25) is 5.60 Å². The van der Waals surface area contributed by atoms with E-state index in [9.17, 15) is 14.3 Å². The fraction of sp³-hybridized carbons (Fsp3) is 0.400. The van der Waals surface area contributed by atoms with Crippen LogP contribution in [-0.4, -0.2) is 53.0 Å². The van der Waals surface area contributed by atoms with Crippen molar-refractivity contribution in [3.05, 3.63) is 80.4 Å². The van der Waals surface area contributed by atoms with Gasteiger partial charge in [-0.2, -0.15) is 0 Å². The molecule has 3 saturated heterocycles. The van der Waals surface area contributed by atoms with E-state index >= 15 is 0 Å². The van der Waals surface area contributed by atoms with E-state index in [0.717, 1.165) is 16.6 Å². The molecular formula is C25H25FNO4S2+. The molecule has 2 bridgehead atoms. The van der Waals surface area contributed by atoms with E-state index in [-0.39, 0.29) is 36.2 Å². The van der Waals surface area contributed by atoms with Crippen molar-refractivity contribution in [3.63, 3.8) is 0 Å². The highest BCUT2D eigenvalue weighted by Gasteiger charge is 2.72. The van der Waals surface area contributed by atoms with Crippen molar-refractivity contribution in [2.24, 2.45) is 0 Å². The average Bonchev–Trinajstić information content (AvgIpc) is 3.13. The summed E-state index contributed by atoms with van der Waals surface area (Å²) in [7, 11) is 2.21. The maximum Gasteiger partial charge on any atom is 0.349 e. The molecule has 0 saturated carbocycles. The number of epoxide rings is 1. The molecule has 172 valence electrons. The molecule has 8 heteroatoms. The van der Waals surface area contributed by atoms with Gasteiger partial charge < -0.3 is 19.1 Å². The number of carbonyl (C=O) groups excluding carboxylic acids is 1. The van der Waals surface area contributed by atoms with E-state index in [0.29, 0.717) is 22.6 Å². The van der Waals surface area contributed by atoms with Gasteiger partial charge in [0.25, 0.3) is 0 Å². The number of hydrogen-bond acceptors (Lipinski definition) is 6. The maximum absolute atomic E-state index is 13.8. The number of morpholine rings is 1. The predicted octanol–water partition coefficient (Wildman–Crippen LogP) is 4.06. The predicted molar refractivity (Wildman–Crippen MR) is 123 cm³/mol. The summed E-state index contributed by atoms with van der Waals surface area (Å²) in [5, 5.41) is 15.2. The zero-order valence-electron chi connectivity index (χ0n) is 18.1. The Hall–Kier alpha value is -2.10. The van der Waals surface area contributed by atoms with Gasteiger partial charge in [-0.3, -0.25) is 0 Å². The number of piperidine rings is 1. The number of thiophene rings is 2. The highest BCUT2D eigenvalue weighted by Crippen LogP contribution is 2.53. The number of nitrogens with zero attached hydrogens (tertiary/aromatic N) is 1. The van der Waals surface area contributed by atoms with Gasteiger partial charge in [0, 0.05) is 18.4 Å². The lowest BCUT2D eigenvalue weighted by molar-refractivity contribution is -0.968. The lowest BCUT2D eigenvalue weighted by Crippen LogP contribution is -2.62. The number of esters is 1. The fourth-order valence-corrected chi connectivity index (χ4v) is 7.66. The van der Waals surface area contributed by atoms with Crippen molar-refractivity contribution < 1.29 is 28.2 Å². The SMILES string of the molecule is C[N+]1(Cc2cccc(F)c2)C2CC(OC(=O)C(O)(c3cccs3)c3cccs3)CC1C1OC12. The van der Waals surface area contributed by atoms with Crippen LogP contribution < -0.4 is 0 Å². The van der Waals surface area contributed by atoms with E-state index < -0.39 is 11.6 Å².